The zero-order valence-corrected chi connectivity index (χ0v) is 21.1. The average molecular weight is 539 g/mol. The summed E-state index contributed by atoms with van der Waals surface area (Å²) in [5.41, 5.74) is 3.10. The van der Waals surface area contributed by atoms with Gasteiger partial charge in [-0.25, -0.2) is 0 Å². The Bertz CT molecular complexity index is 1200. The second-order valence-electron chi connectivity index (χ2n) is 7.55. The third kappa shape index (κ3) is 6.69. The van der Waals surface area contributed by atoms with Crippen molar-refractivity contribution >= 4 is 33.2 Å². The third-order valence-corrected chi connectivity index (χ3v) is 5.84. The van der Waals surface area contributed by atoms with Gasteiger partial charge in [-0.05, 0) is 94.6 Å². The van der Waals surface area contributed by atoms with Gasteiger partial charge in [-0.2, -0.15) is 0 Å². The molecule has 4 aromatic carbocycles. The van der Waals surface area contributed by atoms with E-state index in [2.05, 4.69) is 21.2 Å². The summed E-state index contributed by atoms with van der Waals surface area (Å²) in [4.78, 5) is 0. The smallest absolute Gasteiger partial charge is 0.175 e. The summed E-state index contributed by atoms with van der Waals surface area (Å²) in [5, 5.41) is 4.15. The van der Waals surface area contributed by atoms with Crippen LogP contribution >= 0.6 is 27.5 Å². The van der Waals surface area contributed by atoms with Gasteiger partial charge in [0.25, 0.3) is 0 Å². The molecule has 0 aliphatic heterocycles. The summed E-state index contributed by atoms with van der Waals surface area (Å²) in [5.74, 6) is 2.99. The lowest BCUT2D eigenvalue weighted by Gasteiger charge is -2.16. The molecule has 0 aliphatic carbocycles. The molecule has 4 rings (SSSR count). The SMILES string of the molecule is CCOc1cc(CNc2ccc(Oc3ccccc3)cc2)cc(Br)c1OCc1ccc(Cl)cc1. The van der Waals surface area contributed by atoms with Crippen LogP contribution in [0.3, 0.4) is 0 Å². The first-order valence-electron chi connectivity index (χ1n) is 11.0. The number of nitrogens with one attached hydrogen (secondary N) is 1. The molecule has 0 radical (unpaired) electrons. The van der Waals surface area contributed by atoms with Crippen LogP contribution in [0.25, 0.3) is 0 Å². The van der Waals surface area contributed by atoms with Gasteiger partial charge in [0.15, 0.2) is 11.5 Å². The average Bonchev–Trinajstić information content (AvgIpc) is 2.85. The van der Waals surface area contributed by atoms with E-state index >= 15 is 0 Å². The van der Waals surface area contributed by atoms with Gasteiger partial charge in [0.2, 0.25) is 0 Å². The van der Waals surface area contributed by atoms with E-state index in [1.54, 1.807) is 0 Å². The molecular formula is C28H25BrClNO3. The molecule has 4 aromatic rings. The fourth-order valence-electron chi connectivity index (χ4n) is 3.33. The molecule has 4 nitrogen and oxygen atoms in total. The highest BCUT2D eigenvalue weighted by atomic mass is 79.9. The van der Waals surface area contributed by atoms with Gasteiger partial charge in [0, 0.05) is 17.3 Å². The topological polar surface area (TPSA) is 39.7 Å². The van der Waals surface area contributed by atoms with Gasteiger partial charge < -0.3 is 19.5 Å². The molecule has 0 saturated carbocycles. The lowest BCUT2D eigenvalue weighted by atomic mass is 10.2. The number of para-hydroxylation sites is 1. The molecule has 0 amide bonds. The molecule has 34 heavy (non-hydrogen) atoms. The first-order valence-corrected chi connectivity index (χ1v) is 12.2. The van der Waals surface area contributed by atoms with Crippen molar-refractivity contribution in [2.45, 2.75) is 20.1 Å². The van der Waals surface area contributed by atoms with Crippen molar-refractivity contribution in [3.8, 4) is 23.0 Å². The lowest BCUT2D eigenvalue weighted by molar-refractivity contribution is 0.267. The summed E-state index contributed by atoms with van der Waals surface area (Å²) < 4.78 is 18.6. The van der Waals surface area contributed by atoms with Crippen molar-refractivity contribution in [3.63, 3.8) is 0 Å². The zero-order chi connectivity index (χ0) is 23.8. The molecule has 0 aliphatic rings. The maximum Gasteiger partial charge on any atom is 0.175 e. The largest absolute Gasteiger partial charge is 0.490 e. The maximum atomic E-state index is 6.08. The molecule has 0 heterocycles. The quantitative estimate of drug-likeness (QED) is 0.220. The van der Waals surface area contributed by atoms with Gasteiger partial charge in [-0.3, -0.25) is 0 Å². The fourth-order valence-corrected chi connectivity index (χ4v) is 4.06. The Labute approximate surface area is 213 Å². The molecule has 0 unspecified atom stereocenters. The van der Waals surface area contributed by atoms with Crippen molar-refractivity contribution in [2.75, 3.05) is 11.9 Å². The standard InChI is InChI=1S/C28H25BrClNO3/c1-2-32-27-17-21(16-26(29)28(27)33-19-20-8-10-22(30)11-9-20)18-31-23-12-14-25(15-13-23)34-24-6-4-3-5-7-24/h3-17,31H,2,18-19H2,1H3. The van der Waals surface area contributed by atoms with E-state index in [-0.39, 0.29) is 0 Å². The predicted molar refractivity (Wildman–Crippen MR) is 141 cm³/mol. The predicted octanol–water partition coefficient (Wildman–Crippen LogP) is 8.48. The Balaban J connectivity index is 1.40. The highest BCUT2D eigenvalue weighted by Gasteiger charge is 2.13. The molecule has 0 fully saturated rings. The minimum atomic E-state index is 0.421. The van der Waals surface area contributed by atoms with Crippen LogP contribution in [-0.4, -0.2) is 6.61 Å². The lowest BCUT2D eigenvalue weighted by Crippen LogP contribution is -2.04. The fraction of sp³-hybridized carbons (Fsp3) is 0.143. The van der Waals surface area contributed by atoms with Gasteiger partial charge in [0.1, 0.15) is 18.1 Å². The number of ether oxygens (including phenoxy) is 3. The van der Waals surface area contributed by atoms with Crippen molar-refractivity contribution in [1.82, 2.24) is 0 Å². The van der Waals surface area contributed by atoms with Crippen LogP contribution in [0.15, 0.2) is 95.5 Å². The van der Waals surface area contributed by atoms with E-state index in [1.807, 2.05) is 97.9 Å². The molecule has 6 heteroatoms. The number of hydrogen-bond donors (Lipinski definition) is 1. The number of halogens is 2. The van der Waals surface area contributed by atoms with Crippen LogP contribution in [0, 0.1) is 0 Å². The Hall–Kier alpha value is -3.15. The number of benzene rings is 4. The Morgan fingerprint density at radius 3 is 2.21 bits per heavy atom. The van der Waals surface area contributed by atoms with Gasteiger partial charge in [-0.15, -0.1) is 0 Å². The van der Waals surface area contributed by atoms with Crippen LogP contribution in [0.4, 0.5) is 5.69 Å². The van der Waals surface area contributed by atoms with Crippen LogP contribution in [0.2, 0.25) is 5.02 Å². The van der Waals surface area contributed by atoms with Crippen molar-refractivity contribution in [3.05, 3.63) is 112 Å². The number of rotatable bonds is 10. The van der Waals surface area contributed by atoms with Crippen molar-refractivity contribution in [1.29, 1.82) is 0 Å². The molecule has 0 aromatic heterocycles. The van der Waals surface area contributed by atoms with Crippen LogP contribution in [-0.2, 0) is 13.2 Å². The summed E-state index contributed by atoms with van der Waals surface area (Å²) in [6.45, 7) is 3.56. The number of hydrogen-bond acceptors (Lipinski definition) is 4. The summed E-state index contributed by atoms with van der Waals surface area (Å²) >= 11 is 9.62. The van der Waals surface area contributed by atoms with Crippen LogP contribution in [0.5, 0.6) is 23.0 Å². The van der Waals surface area contributed by atoms with Gasteiger partial charge in [0.05, 0.1) is 11.1 Å². The summed E-state index contributed by atoms with van der Waals surface area (Å²) in [6, 6.07) is 29.3. The van der Waals surface area contributed by atoms with Crippen LogP contribution < -0.4 is 19.5 Å². The molecule has 0 saturated heterocycles. The van der Waals surface area contributed by atoms with Gasteiger partial charge in [-0.1, -0.05) is 41.9 Å². The van der Waals surface area contributed by atoms with Crippen LogP contribution in [0.1, 0.15) is 18.1 Å². The zero-order valence-electron chi connectivity index (χ0n) is 18.8. The molecule has 0 spiro atoms. The van der Waals surface area contributed by atoms with E-state index in [0.29, 0.717) is 36.3 Å². The first kappa shape index (κ1) is 24.0. The van der Waals surface area contributed by atoms with E-state index < -0.39 is 0 Å². The molecule has 0 atom stereocenters. The summed E-state index contributed by atoms with van der Waals surface area (Å²) in [6.07, 6.45) is 0. The van der Waals surface area contributed by atoms with Gasteiger partial charge >= 0.3 is 0 Å². The van der Waals surface area contributed by atoms with Crippen molar-refractivity contribution in [2.24, 2.45) is 0 Å². The molecule has 0 bridgehead atoms. The first-order chi connectivity index (χ1) is 16.6. The molecule has 1 N–H and O–H groups in total. The van der Waals surface area contributed by atoms with E-state index in [0.717, 1.165) is 32.8 Å². The number of anilines is 1. The maximum absolute atomic E-state index is 6.08. The minimum Gasteiger partial charge on any atom is -0.490 e. The van der Waals surface area contributed by atoms with E-state index in [4.69, 9.17) is 25.8 Å². The highest BCUT2D eigenvalue weighted by molar-refractivity contribution is 9.10. The normalized spacial score (nSPS) is 10.6. The molecule has 174 valence electrons. The summed E-state index contributed by atoms with van der Waals surface area (Å²) in [7, 11) is 0. The second kappa shape index (κ2) is 11.8. The minimum absolute atomic E-state index is 0.421. The third-order valence-electron chi connectivity index (χ3n) is 5.00. The van der Waals surface area contributed by atoms with E-state index in [1.165, 1.54) is 0 Å². The Morgan fingerprint density at radius 1 is 0.794 bits per heavy atom. The second-order valence-corrected chi connectivity index (χ2v) is 8.84. The van der Waals surface area contributed by atoms with E-state index in [9.17, 15) is 0 Å². The monoisotopic (exact) mass is 537 g/mol. The van der Waals surface area contributed by atoms with Crippen molar-refractivity contribution < 1.29 is 14.2 Å². The Kier molecular flexibility index (Phi) is 8.34. The molecular weight excluding hydrogens is 514 g/mol. The Morgan fingerprint density at radius 2 is 1.50 bits per heavy atom. The highest BCUT2D eigenvalue weighted by Crippen LogP contribution is 2.38.